The summed E-state index contributed by atoms with van der Waals surface area (Å²) in [5.41, 5.74) is 0.595. The van der Waals surface area contributed by atoms with Crippen molar-refractivity contribution in [3.05, 3.63) is 57.3 Å². The van der Waals surface area contributed by atoms with Crippen LogP contribution >= 0.6 is 27.3 Å². The fourth-order valence-corrected chi connectivity index (χ4v) is 4.43. The number of carbonyl (C=O) groups is 2. The number of nitrogens with zero attached hydrogens (tertiary/aromatic N) is 3. The van der Waals surface area contributed by atoms with E-state index in [0.717, 1.165) is 9.35 Å². The monoisotopic (exact) mass is 460 g/mol. The van der Waals surface area contributed by atoms with Crippen LogP contribution in [0.2, 0.25) is 0 Å². The quantitative estimate of drug-likeness (QED) is 0.631. The summed E-state index contributed by atoms with van der Waals surface area (Å²) in [6, 6.07) is 11.0. The maximum Gasteiger partial charge on any atom is 0.268 e. The molecule has 1 N–H and O–H groups in total. The smallest absolute Gasteiger partial charge is 0.268 e. The molecule has 0 bridgehead atoms. The summed E-state index contributed by atoms with van der Waals surface area (Å²) in [4.78, 5) is 27.8. The van der Waals surface area contributed by atoms with Gasteiger partial charge in [-0.15, -0.1) is 11.3 Å². The summed E-state index contributed by atoms with van der Waals surface area (Å²) in [7, 11) is 0. The van der Waals surface area contributed by atoms with Gasteiger partial charge in [-0.25, -0.2) is 4.68 Å². The Morgan fingerprint density at radius 1 is 1.36 bits per heavy atom. The lowest BCUT2D eigenvalue weighted by Gasteiger charge is -2.32. The molecule has 0 aliphatic carbocycles. The van der Waals surface area contributed by atoms with Crippen LogP contribution in [0.15, 0.2) is 52.4 Å². The first-order chi connectivity index (χ1) is 13.5. The molecular formula is C19H17BrN4O3S. The number of hydrogen-bond donors (Lipinski definition) is 1. The van der Waals surface area contributed by atoms with Gasteiger partial charge in [-0.05, 0) is 41.1 Å². The van der Waals surface area contributed by atoms with E-state index in [0.29, 0.717) is 23.8 Å². The Morgan fingerprint density at radius 3 is 2.96 bits per heavy atom. The van der Waals surface area contributed by atoms with Crippen molar-refractivity contribution in [2.45, 2.75) is 19.6 Å². The van der Waals surface area contributed by atoms with Crippen molar-refractivity contribution in [3.63, 3.8) is 0 Å². The molecular weight excluding hydrogens is 444 g/mol. The van der Waals surface area contributed by atoms with Crippen LogP contribution < -0.4 is 15.0 Å². The van der Waals surface area contributed by atoms with Gasteiger partial charge in [0.1, 0.15) is 18.1 Å². The molecule has 0 spiro atoms. The van der Waals surface area contributed by atoms with Gasteiger partial charge in [0, 0.05) is 20.8 Å². The lowest BCUT2D eigenvalue weighted by molar-refractivity contribution is -0.127. The highest BCUT2D eigenvalue weighted by Crippen LogP contribution is 2.33. The van der Waals surface area contributed by atoms with E-state index >= 15 is 0 Å². The maximum atomic E-state index is 12.7. The Labute approximate surface area is 174 Å². The Bertz CT molecular complexity index is 1030. The van der Waals surface area contributed by atoms with Gasteiger partial charge in [-0.1, -0.05) is 12.1 Å². The molecule has 144 valence electrons. The number of thiophene rings is 1. The normalized spacial score (nSPS) is 15.9. The summed E-state index contributed by atoms with van der Waals surface area (Å²) in [6.07, 6.45) is 1.00. The van der Waals surface area contributed by atoms with Crippen LogP contribution in [0.25, 0.3) is 0 Å². The topological polar surface area (TPSA) is 76.5 Å². The fraction of sp³-hybridized carbons (Fsp3) is 0.211. The molecule has 1 aromatic carbocycles. The van der Waals surface area contributed by atoms with Gasteiger partial charge < -0.3 is 10.1 Å². The van der Waals surface area contributed by atoms with Crippen molar-refractivity contribution in [2.24, 2.45) is 0 Å². The highest BCUT2D eigenvalue weighted by atomic mass is 79.9. The molecule has 28 heavy (non-hydrogen) atoms. The van der Waals surface area contributed by atoms with Crippen LogP contribution in [-0.4, -0.2) is 34.2 Å². The molecule has 0 radical (unpaired) electrons. The van der Waals surface area contributed by atoms with Crippen molar-refractivity contribution in [1.82, 2.24) is 9.78 Å². The SMILES string of the molecule is CC1Oc2ccccc2N(CC(=O)Nc2ccnn2Cc2cc(Br)cs2)C1=O. The molecule has 1 aliphatic heterocycles. The third-order valence-electron chi connectivity index (χ3n) is 4.29. The van der Waals surface area contributed by atoms with Gasteiger partial charge >= 0.3 is 0 Å². The third kappa shape index (κ3) is 3.81. The highest BCUT2D eigenvalue weighted by molar-refractivity contribution is 9.10. The molecule has 7 nitrogen and oxygen atoms in total. The average molecular weight is 461 g/mol. The maximum absolute atomic E-state index is 12.7. The van der Waals surface area contributed by atoms with E-state index in [1.165, 1.54) is 4.90 Å². The zero-order valence-corrected chi connectivity index (χ0v) is 17.4. The fourth-order valence-electron chi connectivity index (χ4n) is 3.00. The number of hydrogen-bond acceptors (Lipinski definition) is 5. The van der Waals surface area contributed by atoms with Gasteiger partial charge in [-0.3, -0.25) is 14.5 Å². The van der Waals surface area contributed by atoms with Crippen LogP contribution in [-0.2, 0) is 16.1 Å². The predicted octanol–water partition coefficient (Wildman–Crippen LogP) is 3.51. The minimum atomic E-state index is -0.634. The van der Waals surface area contributed by atoms with Gasteiger partial charge in [0.15, 0.2) is 6.10 Å². The molecule has 1 unspecified atom stereocenters. The predicted molar refractivity (Wildman–Crippen MR) is 111 cm³/mol. The van der Waals surface area contributed by atoms with Crippen LogP contribution in [0.3, 0.4) is 0 Å². The average Bonchev–Trinajstić information content (AvgIpc) is 3.28. The number of para-hydroxylation sites is 2. The lowest BCUT2D eigenvalue weighted by atomic mass is 10.2. The molecule has 1 aliphatic rings. The Balaban J connectivity index is 1.48. The number of rotatable bonds is 5. The lowest BCUT2D eigenvalue weighted by Crippen LogP contribution is -2.47. The van der Waals surface area contributed by atoms with E-state index in [-0.39, 0.29) is 18.4 Å². The van der Waals surface area contributed by atoms with Crippen LogP contribution in [0.4, 0.5) is 11.5 Å². The number of ether oxygens (including phenoxy) is 1. The molecule has 9 heteroatoms. The number of nitrogens with one attached hydrogen (secondary N) is 1. The standard InChI is InChI=1S/C19H17BrN4O3S/c1-12-19(26)23(15-4-2-3-5-16(15)27-12)10-18(25)22-17-6-7-21-24(17)9-14-8-13(20)11-28-14/h2-8,11-12H,9-10H2,1H3,(H,22,25). The van der Waals surface area contributed by atoms with Crippen molar-refractivity contribution < 1.29 is 14.3 Å². The summed E-state index contributed by atoms with van der Waals surface area (Å²) in [5.74, 6) is 0.629. The summed E-state index contributed by atoms with van der Waals surface area (Å²) in [6.45, 7) is 2.13. The van der Waals surface area contributed by atoms with Crippen molar-refractivity contribution >= 4 is 50.6 Å². The summed E-state index contributed by atoms with van der Waals surface area (Å²) < 4.78 is 8.34. The van der Waals surface area contributed by atoms with Crippen molar-refractivity contribution in [1.29, 1.82) is 0 Å². The zero-order chi connectivity index (χ0) is 19.7. The Morgan fingerprint density at radius 2 is 2.18 bits per heavy atom. The van der Waals surface area contributed by atoms with Gasteiger partial charge in [0.2, 0.25) is 5.91 Å². The van der Waals surface area contributed by atoms with Gasteiger partial charge in [0.05, 0.1) is 18.4 Å². The second-order valence-electron chi connectivity index (χ2n) is 6.31. The van der Waals surface area contributed by atoms with Gasteiger partial charge in [-0.2, -0.15) is 5.10 Å². The van der Waals surface area contributed by atoms with Crippen molar-refractivity contribution in [2.75, 3.05) is 16.8 Å². The van der Waals surface area contributed by atoms with Crippen LogP contribution in [0.1, 0.15) is 11.8 Å². The van der Waals surface area contributed by atoms with E-state index < -0.39 is 6.10 Å². The zero-order valence-electron chi connectivity index (χ0n) is 15.0. The minimum Gasteiger partial charge on any atom is -0.479 e. The second-order valence-corrected chi connectivity index (χ2v) is 8.22. The number of benzene rings is 1. The van der Waals surface area contributed by atoms with E-state index in [9.17, 15) is 9.59 Å². The Kier molecular flexibility index (Phi) is 5.19. The van der Waals surface area contributed by atoms with Crippen LogP contribution in [0.5, 0.6) is 5.75 Å². The molecule has 1 atom stereocenters. The summed E-state index contributed by atoms with van der Waals surface area (Å²) in [5, 5.41) is 9.13. The molecule has 2 aromatic heterocycles. The minimum absolute atomic E-state index is 0.0979. The first-order valence-electron chi connectivity index (χ1n) is 8.63. The third-order valence-corrected chi connectivity index (χ3v) is 5.97. The molecule has 3 heterocycles. The van der Waals surface area contributed by atoms with Crippen LogP contribution in [0, 0.1) is 0 Å². The molecule has 0 fully saturated rings. The van der Waals surface area contributed by atoms with E-state index in [1.807, 2.05) is 23.6 Å². The molecule has 2 amide bonds. The highest BCUT2D eigenvalue weighted by Gasteiger charge is 2.32. The Hall–Kier alpha value is -2.65. The summed E-state index contributed by atoms with van der Waals surface area (Å²) >= 11 is 5.05. The molecule has 0 saturated carbocycles. The molecule has 3 aromatic rings. The second kappa shape index (κ2) is 7.76. The number of halogens is 1. The number of amides is 2. The van der Waals surface area contributed by atoms with Crippen molar-refractivity contribution in [3.8, 4) is 5.75 Å². The molecule has 4 rings (SSSR count). The largest absolute Gasteiger partial charge is 0.479 e. The molecule has 0 saturated heterocycles. The number of carbonyl (C=O) groups excluding carboxylic acids is 2. The first kappa shape index (κ1) is 18.7. The number of fused-ring (bicyclic) bond motifs is 1. The van der Waals surface area contributed by atoms with E-state index in [4.69, 9.17) is 4.74 Å². The number of aromatic nitrogens is 2. The first-order valence-corrected chi connectivity index (χ1v) is 10.3. The van der Waals surface area contributed by atoms with E-state index in [2.05, 4.69) is 26.3 Å². The van der Waals surface area contributed by atoms with E-state index in [1.54, 1.807) is 47.3 Å². The number of anilines is 2. The van der Waals surface area contributed by atoms with Gasteiger partial charge in [0.25, 0.3) is 5.91 Å².